The molecule has 14 heteroatoms. The number of likely N-dealkylation sites (N-methyl/N-ethyl adjacent to an activating group) is 2. The summed E-state index contributed by atoms with van der Waals surface area (Å²) in [6.07, 6.45) is 11.0. The number of hydrogen-bond donors (Lipinski definition) is 2. The van der Waals surface area contributed by atoms with Gasteiger partial charge in [-0.15, -0.1) is 22.7 Å². The first-order chi connectivity index (χ1) is 26.3. The lowest BCUT2D eigenvalue weighted by atomic mass is 10.0. The molecule has 6 aromatic rings. The fourth-order valence-electron chi connectivity index (χ4n) is 7.79. The van der Waals surface area contributed by atoms with Gasteiger partial charge in [0.15, 0.2) is 0 Å². The van der Waals surface area contributed by atoms with Crippen LogP contribution in [0.25, 0.3) is 31.2 Å². The molecule has 0 saturated carbocycles. The Hall–Kier alpha value is -5.02. The molecule has 0 bridgehead atoms. The molecule has 8 rings (SSSR count). The van der Waals surface area contributed by atoms with E-state index in [1.165, 1.54) is 0 Å². The number of aromatic nitrogens is 6. The van der Waals surface area contributed by atoms with Crippen LogP contribution in [0.1, 0.15) is 72.6 Å². The summed E-state index contributed by atoms with van der Waals surface area (Å²) in [6.45, 7) is 1.40. The monoisotopic (exact) mass is 760 g/mol. The highest BCUT2D eigenvalue weighted by molar-refractivity contribution is 7.24. The summed E-state index contributed by atoms with van der Waals surface area (Å²) < 4.78 is 0. The maximum Gasteiger partial charge on any atom is 0.245 e. The van der Waals surface area contributed by atoms with Crippen molar-refractivity contribution in [1.82, 2.24) is 49.5 Å². The second kappa shape index (κ2) is 15.4. The Balaban J connectivity index is 0.955. The minimum atomic E-state index is -0.359. The summed E-state index contributed by atoms with van der Waals surface area (Å²) in [4.78, 5) is 63.7. The molecule has 2 fully saturated rings. The lowest BCUT2D eigenvalue weighted by Crippen LogP contribution is -2.40. The predicted molar refractivity (Wildman–Crippen MR) is 212 cm³/mol. The number of amides is 2. The zero-order chi connectivity index (χ0) is 37.3. The molecule has 0 spiro atoms. The van der Waals surface area contributed by atoms with Crippen LogP contribution in [0.4, 0.5) is 0 Å². The highest BCUT2D eigenvalue weighted by atomic mass is 32.1. The van der Waals surface area contributed by atoms with Crippen LogP contribution in [0.5, 0.6) is 0 Å². The minimum absolute atomic E-state index is 0.0867. The number of thiazole rings is 2. The van der Waals surface area contributed by atoms with Crippen molar-refractivity contribution in [2.75, 3.05) is 41.3 Å². The number of carbonyl (C=O) groups excluding carboxylic acids is 2. The highest BCUT2D eigenvalue weighted by Gasteiger charge is 2.38. The average Bonchev–Trinajstić information content (AvgIpc) is 4.02. The SMILES string of the molecule is CN(C)[C@@H](C(=O)N1CCC[C@H]1c1ncc(-c2ncc(-c3cnc(-c4cnc([C@@H]5CCCN5C(=O)[C@@H](c5ccccc5)N(C)C)[nH]4)s3)s2)[nH]1)c1ccccc1. The van der Waals surface area contributed by atoms with Crippen LogP contribution in [-0.4, -0.2) is 103 Å². The summed E-state index contributed by atoms with van der Waals surface area (Å²) in [5, 5.41) is 1.65. The number of benzene rings is 2. The van der Waals surface area contributed by atoms with E-state index in [0.717, 1.165) is 79.6 Å². The third-order valence-electron chi connectivity index (χ3n) is 10.3. The van der Waals surface area contributed by atoms with Gasteiger partial charge in [0.2, 0.25) is 11.8 Å². The lowest BCUT2D eigenvalue weighted by molar-refractivity contribution is -0.138. The number of hydrogen-bond acceptors (Lipinski definition) is 10. The van der Waals surface area contributed by atoms with E-state index in [2.05, 4.69) is 9.97 Å². The summed E-state index contributed by atoms with van der Waals surface area (Å²) in [5.74, 6) is 1.74. The third-order valence-corrected chi connectivity index (χ3v) is 12.6. The van der Waals surface area contributed by atoms with Crippen LogP contribution in [0.15, 0.2) is 85.5 Å². The van der Waals surface area contributed by atoms with Gasteiger partial charge in [0.05, 0.1) is 45.6 Å². The fourth-order valence-corrected chi connectivity index (χ4v) is 9.61. The second-order valence-corrected chi connectivity index (χ2v) is 16.4. The Labute approximate surface area is 322 Å². The second-order valence-electron chi connectivity index (χ2n) is 14.4. The number of likely N-dealkylation sites (tertiary alicyclic amines) is 2. The first-order valence-electron chi connectivity index (χ1n) is 18.3. The van der Waals surface area contributed by atoms with E-state index < -0.39 is 0 Å². The maximum absolute atomic E-state index is 13.9. The minimum Gasteiger partial charge on any atom is -0.338 e. The molecule has 4 aromatic heterocycles. The molecule has 2 N–H and O–H groups in total. The van der Waals surface area contributed by atoms with Crippen molar-refractivity contribution in [3.8, 4) is 31.2 Å². The molecule has 278 valence electrons. The first-order valence-corrected chi connectivity index (χ1v) is 20.0. The van der Waals surface area contributed by atoms with Gasteiger partial charge >= 0.3 is 0 Å². The van der Waals surface area contributed by atoms with Crippen molar-refractivity contribution >= 4 is 34.5 Å². The number of nitrogens with one attached hydrogen (secondary N) is 2. The van der Waals surface area contributed by atoms with E-state index in [0.29, 0.717) is 13.1 Å². The number of rotatable bonds is 11. The van der Waals surface area contributed by atoms with Crippen molar-refractivity contribution in [3.05, 3.63) is 108 Å². The van der Waals surface area contributed by atoms with Crippen molar-refractivity contribution in [2.45, 2.75) is 49.9 Å². The van der Waals surface area contributed by atoms with E-state index in [-0.39, 0.29) is 36.0 Å². The quantitative estimate of drug-likeness (QED) is 0.145. The molecule has 2 saturated heterocycles. The van der Waals surface area contributed by atoms with E-state index in [4.69, 9.17) is 19.9 Å². The standard InChI is InChI=1S/C40H44N10O2S2/c1-47(2)33(25-13-7-5-8-14-25)39(51)49-19-11-17-29(49)35-41-21-27(45-35)37-43-23-31(53-37)32-24-44-38(54-32)28-22-42-36(46-28)30-18-12-20-50(30)40(52)34(48(3)4)26-15-9-6-10-16-26/h5-10,13-16,21-24,29-30,33-34H,11-12,17-20H2,1-4H3,(H,41,45)(H,42,46)/t29-,30-,33+,34+/m0/s1. The molecule has 2 aliphatic heterocycles. The van der Waals surface area contributed by atoms with Crippen molar-refractivity contribution in [1.29, 1.82) is 0 Å². The van der Waals surface area contributed by atoms with E-state index in [1.807, 2.05) is 133 Å². The molecule has 0 unspecified atom stereocenters. The number of carbonyl (C=O) groups is 2. The highest BCUT2D eigenvalue weighted by Crippen LogP contribution is 2.40. The normalized spacial score (nSPS) is 18.6. The predicted octanol–water partition coefficient (Wildman–Crippen LogP) is 6.98. The van der Waals surface area contributed by atoms with Gasteiger partial charge in [0.25, 0.3) is 0 Å². The van der Waals surface area contributed by atoms with Gasteiger partial charge in [-0.25, -0.2) is 19.9 Å². The van der Waals surface area contributed by atoms with Crippen LogP contribution in [0.3, 0.4) is 0 Å². The number of H-pyrrole nitrogens is 2. The Morgan fingerprint density at radius 3 is 1.43 bits per heavy atom. The third kappa shape index (κ3) is 7.02. The maximum atomic E-state index is 13.9. The summed E-state index contributed by atoms with van der Waals surface area (Å²) in [6, 6.07) is 19.0. The smallest absolute Gasteiger partial charge is 0.245 e. The van der Waals surface area contributed by atoms with Gasteiger partial charge in [0, 0.05) is 25.5 Å². The van der Waals surface area contributed by atoms with Crippen LogP contribution >= 0.6 is 22.7 Å². The molecule has 2 aromatic carbocycles. The Morgan fingerprint density at radius 1 is 0.630 bits per heavy atom. The van der Waals surface area contributed by atoms with E-state index in [9.17, 15) is 9.59 Å². The summed E-state index contributed by atoms with van der Waals surface area (Å²) in [5.41, 5.74) is 3.63. The van der Waals surface area contributed by atoms with Crippen molar-refractivity contribution < 1.29 is 9.59 Å². The largest absolute Gasteiger partial charge is 0.338 e. The van der Waals surface area contributed by atoms with Crippen molar-refractivity contribution in [2.24, 2.45) is 0 Å². The van der Waals surface area contributed by atoms with Gasteiger partial charge < -0.3 is 19.8 Å². The molecule has 2 amide bonds. The molecule has 2 aliphatic rings. The average molecular weight is 761 g/mol. The Morgan fingerprint density at radius 2 is 1.04 bits per heavy atom. The topological polar surface area (TPSA) is 130 Å². The summed E-state index contributed by atoms with van der Waals surface area (Å²) >= 11 is 3.15. The number of imidazole rings is 2. The zero-order valence-electron chi connectivity index (χ0n) is 30.8. The zero-order valence-corrected chi connectivity index (χ0v) is 32.5. The fraction of sp³-hybridized carbons (Fsp3) is 0.350. The number of nitrogens with zero attached hydrogens (tertiary/aromatic N) is 8. The van der Waals surface area contributed by atoms with Gasteiger partial charge in [-0.1, -0.05) is 60.7 Å². The Bertz CT molecular complexity index is 2050. The molecule has 6 heterocycles. The van der Waals surface area contributed by atoms with Crippen molar-refractivity contribution in [3.63, 3.8) is 0 Å². The number of aromatic amines is 2. The molecule has 54 heavy (non-hydrogen) atoms. The summed E-state index contributed by atoms with van der Waals surface area (Å²) in [7, 11) is 7.80. The first kappa shape index (κ1) is 36.0. The van der Waals surface area contributed by atoms with Crippen LogP contribution in [0, 0.1) is 0 Å². The van der Waals surface area contributed by atoms with Crippen LogP contribution in [-0.2, 0) is 9.59 Å². The molecule has 0 aliphatic carbocycles. The van der Waals surface area contributed by atoms with Gasteiger partial charge in [-0.3, -0.25) is 19.4 Å². The van der Waals surface area contributed by atoms with Gasteiger partial charge in [0.1, 0.15) is 33.7 Å². The van der Waals surface area contributed by atoms with Gasteiger partial charge in [-0.05, 0) is 65.0 Å². The molecular formula is C40H44N10O2S2. The lowest BCUT2D eigenvalue weighted by Gasteiger charge is -2.31. The Kier molecular flexibility index (Phi) is 10.2. The molecule has 0 radical (unpaired) electrons. The van der Waals surface area contributed by atoms with E-state index >= 15 is 0 Å². The van der Waals surface area contributed by atoms with Crippen LogP contribution < -0.4 is 0 Å². The molecular weight excluding hydrogens is 717 g/mol. The van der Waals surface area contributed by atoms with Crippen LogP contribution in [0.2, 0.25) is 0 Å². The van der Waals surface area contributed by atoms with Gasteiger partial charge in [-0.2, -0.15) is 0 Å². The molecule has 4 atom stereocenters. The van der Waals surface area contributed by atoms with E-state index in [1.54, 1.807) is 22.7 Å². The molecule has 12 nitrogen and oxygen atoms in total.